The molecule has 0 bridgehead atoms. The maximum absolute atomic E-state index is 13.6. The van der Waals surface area contributed by atoms with Crippen molar-refractivity contribution in [2.45, 2.75) is 77.5 Å². The zero-order valence-corrected chi connectivity index (χ0v) is 28.5. The molecule has 0 unspecified atom stereocenters. The highest BCUT2D eigenvalue weighted by molar-refractivity contribution is 6.01. The molecule has 49 heavy (non-hydrogen) atoms. The molecule has 2 aliphatic heterocycles. The highest BCUT2D eigenvalue weighted by Gasteiger charge is 2.33. The van der Waals surface area contributed by atoms with Gasteiger partial charge < -0.3 is 41.2 Å². The maximum Gasteiger partial charge on any atom is 0.255 e. The van der Waals surface area contributed by atoms with Crippen molar-refractivity contribution in [2.24, 2.45) is 5.92 Å². The Morgan fingerprint density at radius 3 is 2.33 bits per heavy atom. The minimum absolute atomic E-state index is 0.000345. The lowest BCUT2D eigenvalue weighted by Crippen LogP contribution is -2.59. The van der Waals surface area contributed by atoms with Crippen LogP contribution in [0, 0.1) is 5.92 Å². The van der Waals surface area contributed by atoms with Crippen LogP contribution in [0.25, 0.3) is 0 Å². The predicted molar refractivity (Wildman–Crippen MR) is 180 cm³/mol. The maximum atomic E-state index is 13.6. The van der Waals surface area contributed by atoms with E-state index < -0.39 is 66.2 Å². The Hall–Kier alpha value is -4.53. The summed E-state index contributed by atoms with van der Waals surface area (Å²) in [6, 6.07) is 9.94. The summed E-state index contributed by atoms with van der Waals surface area (Å²) in [5.74, 6) is -3.44. The third kappa shape index (κ3) is 11.0. The van der Waals surface area contributed by atoms with Crippen LogP contribution in [-0.2, 0) is 37.0 Å². The number of ether oxygens (including phenoxy) is 2. The Labute approximate surface area is 286 Å². The van der Waals surface area contributed by atoms with Gasteiger partial charge in [-0.3, -0.25) is 28.9 Å². The average Bonchev–Trinajstić information content (AvgIpc) is 3.07. The number of para-hydroxylation sites is 1. The molecule has 2 aromatic rings. The number of benzene rings is 2. The summed E-state index contributed by atoms with van der Waals surface area (Å²) in [5, 5.41) is 23.8. The Kier molecular flexibility index (Phi) is 13.5. The number of amides is 5. The van der Waals surface area contributed by atoms with Crippen molar-refractivity contribution in [3.05, 3.63) is 65.2 Å². The van der Waals surface area contributed by atoms with Crippen LogP contribution in [0.3, 0.4) is 0 Å². The van der Waals surface area contributed by atoms with Crippen molar-refractivity contribution in [1.82, 2.24) is 31.5 Å². The molecule has 4 rings (SSSR count). The molecule has 0 aliphatic carbocycles. The van der Waals surface area contributed by atoms with Crippen LogP contribution < -0.4 is 31.3 Å². The molecule has 266 valence electrons. The first-order valence-electron chi connectivity index (χ1n) is 16.7. The molecule has 6 N–H and O–H groups in total. The Morgan fingerprint density at radius 2 is 1.61 bits per heavy atom. The van der Waals surface area contributed by atoms with E-state index in [1.54, 1.807) is 39.0 Å². The molecule has 5 atom stereocenters. The fourth-order valence-electron chi connectivity index (χ4n) is 5.58. The minimum atomic E-state index is -1.44. The molecule has 14 heteroatoms. The molecule has 14 nitrogen and oxygen atoms in total. The van der Waals surface area contributed by atoms with Crippen molar-refractivity contribution in [2.75, 3.05) is 32.9 Å². The minimum Gasteiger partial charge on any atom is -0.491 e. The first-order chi connectivity index (χ1) is 23.4. The molecule has 1 fully saturated rings. The van der Waals surface area contributed by atoms with E-state index in [1.165, 1.54) is 13.0 Å². The standard InChI is InChI=1S/C35H48N6O8/c1-21(2)30-34(46)37-22(3)20-49-28-11-6-5-10-26(28)32(44)38-27(17-29(43)39-31(23(4)42)35(47)40-30)33(45)36-18-24-8-7-9-25(16-24)19-41-12-14-48-15-13-41/h5-11,16,21-23,27,30-31,42H,12-15,17-20H2,1-4H3,(H,36,45)(H,37,46)(H,38,44)(H,39,43)(H,40,47)/t22-,23+,27-,30+,31-/m0/s1. The number of hydrogen-bond donors (Lipinski definition) is 6. The number of aliphatic hydroxyl groups is 1. The fourth-order valence-corrected chi connectivity index (χ4v) is 5.58. The zero-order valence-electron chi connectivity index (χ0n) is 28.5. The number of nitrogens with zero attached hydrogens (tertiary/aromatic N) is 1. The summed E-state index contributed by atoms with van der Waals surface area (Å²) in [6.45, 7) is 10.5. The SMILES string of the molecule is CC(C)[C@H]1NC(=O)[C@H]([C@@H](C)O)NC(=O)C[C@@H](C(=O)NCc2cccc(CN3CCOCC3)c2)NC(=O)c2ccccc2OC[C@H](C)NC1=O. The Balaban J connectivity index is 1.56. The first-order valence-corrected chi connectivity index (χ1v) is 16.7. The van der Waals surface area contributed by atoms with Crippen molar-refractivity contribution in [3.8, 4) is 5.75 Å². The molecule has 1 saturated heterocycles. The molecule has 5 amide bonds. The van der Waals surface area contributed by atoms with Gasteiger partial charge >= 0.3 is 0 Å². The molecule has 0 aromatic heterocycles. The van der Waals surface area contributed by atoms with Crippen molar-refractivity contribution in [1.29, 1.82) is 0 Å². The average molecular weight is 681 g/mol. The second kappa shape index (κ2) is 17.7. The zero-order chi connectivity index (χ0) is 35.5. The summed E-state index contributed by atoms with van der Waals surface area (Å²) >= 11 is 0. The number of rotatable bonds is 7. The van der Waals surface area contributed by atoms with Crippen molar-refractivity contribution in [3.63, 3.8) is 0 Å². The predicted octanol–water partition coefficient (Wildman–Crippen LogP) is 0.227. The lowest BCUT2D eigenvalue weighted by atomic mass is 10.0. The lowest BCUT2D eigenvalue weighted by Gasteiger charge is -2.27. The molecule has 0 spiro atoms. The van der Waals surface area contributed by atoms with Gasteiger partial charge in [0.15, 0.2) is 0 Å². The third-order valence-electron chi connectivity index (χ3n) is 8.32. The van der Waals surface area contributed by atoms with E-state index in [0.717, 1.165) is 30.8 Å². The summed E-state index contributed by atoms with van der Waals surface area (Å²) in [4.78, 5) is 69.2. The van der Waals surface area contributed by atoms with Gasteiger partial charge in [0.2, 0.25) is 23.6 Å². The number of fused-ring (bicyclic) bond motifs is 1. The normalized spacial score (nSPS) is 23.9. The van der Waals surface area contributed by atoms with Crippen molar-refractivity contribution < 1.29 is 38.6 Å². The van der Waals surface area contributed by atoms with E-state index in [-0.39, 0.29) is 30.4 Å². The number of hydrogen-bond acceptors (Lipinski definition) is 9. The smallest absolute Gasteiger partial charge is 0.255 e. The van der Waals surface area contributed by atoms with Gasteiger partial charge in [-0.15, -0.1) is 0 Å². The monoisotopic (exact) mass is 680 g/mol. The molecule has 0 radical (unpaired) electrons. The first kappa shape index (κ1) is 37.3. The van der Waals surface area contributed by atoms with E-state index in [4.69, 9.17) is 9.47 Å². The van der Waals surface area contributed by atoms with Gasteiger partial charge in [-0.2, -0.15) is 0 Å². The number of morpholine rings is 1. The lowest BCUT2D eigenvalue weighted by molar-refractivity contribution is -0.135. The highest BCUT2D eigenvalue weighted by Crippen LogP contribution is 2.19. The number of carbonyl (C=O) groups excluding carboxylic acids is 5. The van der Waals surface area contributed by atoms with Crippen LogP contribution in [0.15, 0.2) is 48.5 Å². The van der Waals surface area contributed by atoms with E-state index in [9.17, 15) is 29.1 Å². The fraction of sp³-hybridized carbons (Fsp3) is 0.514. The molecule has 2 aromatic carbocycles. The number of aliphatic hydroxyl groups excluding tert-OH is 1. The van der Waals surface area contributed by atoms with Gasteiger partial charge in [0, 0.05) is 26.2 Å². The van der Waals surface area contributed by atoms with Gasteiger partial charge in [-0.1, -0.05) is 50.2 Å². The molecular weight excluding hydrogens is 632 g/mol. The molecule has 2 heterocycles. The molecular formula is C35H48N6O8. The van der Waals surface area contributed by atoms with Gasteiger partial charge in [0.25, 0.3) is 5.91 Å². The van der Waals surface area contributed by atoms with Gasteiger partial charge in [-0.05, 0) is 43.0 Å². The number of carbonyl (C=O) groups is 5. The number of nitrogens with one attached hydrogen (secondary N) is 5. The van der Waals surface area contributed by atoms with Crippen LogP contribution in [0.2, 0.25) is 0 Å². The summed E-state index contributed by atoms with van der Waals surface area (Å²) in [7, 11) is 0. The van der Waals surface area contributed by atoms with E-state index in [1.807, 2.05) is 24.3 Å². The van der Waals surface area contributed by atoms with Crippen molar-refractivity contribution >= 4 is 29.5 Å². The third-order valence-corrected chi connectivity index (χ3v) is 8.32. The Bertz CT molecular complexity index is 1480. The van der Waals surface area contributed by atoms with Crippen LogP contribution >= 0.6 is 0 Å². The largest absolute Gasteiger partial charge is 0.491 e. The van der Waals surface area contributed by atoms with E-state index >= 15 is 0 Å². The van der Waals surface area contributed by atoms with E-state index in [2.05, 4.69) is 31.5 Å². The van der Waals surface area contributed by atoms with Crippen LogP contribution in [-0.4, -0.2) is 103 Å². The molecule has 0 saturated carbocycles. The van der Waals surface area contributed by atoms with Gasteiger partial charge in [0.1, 0.15) is 30.5 Å². The second-order valence-corrected chi connectivity index (χ2v) is 12.9. The van der Waals surface area contributed by atoms with E-state index in [0.29, 0.717) is 13.2 Å². The quantitative estimate of drug-likeness (QED) is 0.238. The molecule has 2 aliphatic rings. The summed E-state index contributed by atoms with van der Waals surface area (Å²) < 4.78 is 11.3. The Morgan fingerprint density at radius 1 is 0.918 bits per heavy atom. The van der Waals surface area contributed by atoms with Crippen LogP contribution in [0.4, 0.5) is 0 Å². The topological polar surface area (TPSA) is 187 Å². The highest BCUT2D eigenvalue weighted by atomic mass is 16.5. The van der Waals surface area contributed by atoms with Crippen LogP contribution in [0.5, 0.6) is 5.75 Å². The summed E-state index contributed by atoms with van der Waals surface area (Å²) in [6.07, 6.45) is -1.88. The summed E-state index contributed by atoms with van der Waals surface area (Å²) in [5.41, 5.74) is 2.03. The van der Waals surface area contributed by atoms with Crippen LogP contribution in [0.1, 0.15) is 55.6 Å². The van der Waals surface area contributed by atoms with Gasteiger partial charge in [0.05, 0.1) is 37.3 Å². The second-order valence-electron chi connectivity index (χ2n) is 12.9. The van der Waals surface area contributed by atoms with Gasteiger partial charge in [-0.25, -0.2) is 0 Å².